The van der Waals surface area contributed by atoms with Crippen molar-refractivity contribution < 1.29 is 19.2 Å². The zero-order valence-corrected chi connectivity index (χ0v) is 22.0. The van der Waals surface area contributed by atoms with Gasteiger partial charge >= 0.3 is 6.03 Å². The van der Waals surface area contributed by atoms with E-state index in [2.05, 4.69) is 15.9 Å². The molecule has 0 spiro atoms. The van der Waals surface area contributed by atoms with Crippen molar-refractivity contribution in [2.75, 3.05) is 4.90 Å². The molecule has 3 aliphatic heterocycles. The highest BCUT2D eigenvalue weighted by atomic mass is 79.9. The van der Waals surface area contributed by atoms with E-state index in [0.29, 0.717) is 5.69 Å². The Labute approximate surface area is 213 Å². The molecular weight excluding hydrogens is 510 g/mol. The molecule has 0 aliphatic carbocycles. The van der Waals surface area contributed by atoms with Crippen molar-refractivity contribution >= 4 is 45.4 Å². The number of carbonyl (C=O) groups is 4. The normalized spacial score (nSPS) is 28.3. The summed E-state index contributed by atoms with van der Waals surface area (Å²) in [7, 11) is 0. The van der Waals surface area contributed by atoms with Crippen molar-refractivity contribution in [1.82, 2.24) is 9.80 Å². The van der Waals surface area contributed by atoms with Gasteiger partial charge in [-0.15, -0.1) is 0 Å². The molecule has 2 aromatic carbocycles. The average Bonchev–Trinajstić information content (AvgIpc) is 3.33. The number of fused-ring (bicyclic) bond motifs is 3. The van der Waals surface area contributed by atoms with E-state index in [1.807, 2.05) is 71.0 Å². The summed E-state index contributed by atoms with van der Waals surface area (Å²) in [5.41, 5.74) is 0.0107. The summed E-state index contributed by atoms with van der Waals surface area (Å²) in [6.45, 7) is 9.19. The lowest BCUT2D eigenvalue weighted by atomic mass is 9.77. The Kier molecular flexibility index (Phi) is 5.25. The monoisotopic (exact) mass is 537 g/mol. The van der Waals surface area contributed by atoms with Crippen LogP contribution in [0.3, 0.4) is 0 Å². The second kappa shape index (κ2) is 7.75. The van der Waals surface area contributed by atoms with E-state index in [1.165, 1.54) is 14.7 Å². The second-order valence-electron chi connectivity index (χ2n) is 10.6. The number of aryl methyl sites for hydroxylation is 1. The van der Waals surface area contributed by atoms with Crippen LogP contribution in [0.25, 0.3) is 0 Å². The molecule has 0 unspecified atom stereocenters. The Balaban J connectivity index is 1.74. The van der Waals surface area contributed by atoms with Gasteiger partial charge in [-0.05, 0) is 63.9 Å². The quantitative estimate of drug-likeness (QED) is 0.415. The van der Waals surface area contributed by atoms with E-state index in [4.69, 9.17) is 0 Å². The number of rotatable bonds is 3. The molecule has 0 bridgehead atoms. The van der Waals surface area contributed by atoms with Crippen LogP contribution in [0.2, 0.25) is 0 Å². The van der Waals surface area contributed by atoms with Crippen molar-refractivity contribution in [1.29, 1.82) is 0 Å². The minimum absolute atomic E-state index is 0.227. The van der Waals surface area contributed by atoms with Gasteiger partial charge in [0.2, 0.25) is 11.8 Å². The number of halogens is 1. The summed E-state index contributed by atoms with van der Waals surface area (Å²) in [5, 5.41) is 0. The minimum atomic E-state index is -1.43. The SMILES string of the molecule is CC[C@@]12C(=O)N(c3ccc(C)cc3)C(=O)N1[C@H](c1ccc(Br)cc1)[C@@H]1C(=O)N(C(C)(C)C)C(=O)[C@@H]12. The summed E-state index contributed by atoms with van der Waals surface area (Å²) in [5.74, 6) is -2.92. The Morgan fingerprint density at radius 3 is 2.06 bits per heavy atom. The molecule has 182 valence electrons. The van der Waals surface area contributed by atoms with Gasteiger partial charge in [0.25, 0.3) is 5.91 Å². The second-order valence-corrected chi connectivity index (χ2v) is 11.5. The van der Waals surface area contributed by atoms with E-state index in [9.17, 15) is 19.2 Å². The minimum Gasteiger partial charge on any atom is -0.300 e. The van der Waals surface area contributed by atoms with E-state index in [0.717, 1.165) is 15.6 Å². The van der Waals surface area contributed by atoms with Crippen LogP contribution < -0.4 is 4.90 Å². The smallest absolute Gasteiger partial charge is 0.300 e. The first kappa shape index (κ1) is 23.7. The number of hydrogen-bond acceptors (Lipinski definition) is 4. The van der Waals surface area contributed by atoms with Gasteiger partial charge in [-0.1, -0.05) is 52.7 Å². The number of imide groups is 2. The van der Waals surface area contributed by atoms with Crippen LogP contribution in [0.4, 0.5) is 10.5 Å². The fraction of sp³-hybridized carbons (Fsp3) is 0.407. The molecule has 3 aliphatic rings. The summed E-state index contributed by atoms with van der Waals surface area (Å²) in [4.78, 5) is 59.9. The van der Waals surface area contributed by atoms with E-state index in [1.54, 1.807) is 12.1 Å². The van der Waals surface area contributed by atoms with Gasteiger partial charge in [-0.3, -0.25) is 19.3 Å². The lowest BCUT2D eigenvalue weighted by Gasteiger charge is -2.37. The fourth-order valence-corrected chi connectivity index (χ4v) is 6.39. The maximum absolute atomic E-state index is 14.2. The van der Waals surface area contributed by atoms with Crippen LogP contribution in [0.15, 0.2) is 53.0 Å². The van der Waals surface area contributed by atoms with Gasteiger partial charge in [-0.25, -0.2) is 9.69 Å². The first-order valence-corrected chi connectivity index (χ1v) is 12.6. The van der Waals surface area contributed by atoms with Crippen molar-refractivity contribution in [2.45, 2.75) is 58.2 Å². The highest BCUT2D eigenvalue weighted by Gasteiger charge is 2.77. The number of likely N-dealkylation sites (tertiary alicyclic amines) is 1. The van der Waals surface area contributed by atoms with E-state index < -0.39 is 40.9 Å². The fourth-order valence-electron chi connectivity index (χ4n) is 6.12. The molecule has 3 heterocycles. The lowest BCUT2D eigenvalue weighted by molar-refractivity contribution is -0.149. The molecule has 5 rings (SSSR count). The van der Waals surface area contributed by atoms with Crippen molar-refractivity contribution in [3.8, 4) is 0 Å². The van der Waals surface area contributed by atoms with Gasteiger partial charge < -0.3 is 4.90 Å². The Morgan fingerprint density at radius 1 is 0.914 bits per heavy atom. The van der Waals surface area contributed by atoms with Crippen LogP contribution in [0, 0.1) is 18.8 Å². The molecule has 5 amide bonds. The largest absolute Gasteiger partial charge is 0.332 e. The summed E-state index contributed by atoms with van der Waals surface area (Å²) in [6, 6.07) is 13.3. The van der Waals surface area contributed by atoms with E-state index >= 15 is 0 Å². The molecule has 8 heteroatoms. The van der Waals surface area contributed by atoms with Crippen molar-refractivity contribution in [3.63, 3.8) is 0 Å². The molecule has 7 nitrogen and oxygen atoms in total. The van der Waals surface area contributed by atoms with Crippen molar-refractivity contribution in [2.24, 2.45) is 11.8 Å². The molecule has 3 saturated heterocycles. The number of benzene rings is 2. The lowest BCUT2D eigenvalue weighted by Crippen LogP contribution is -2.55. The number of nitrogens with zero attached hydrogens (tertiary/aromatic N) is 3. The summed E-state index contributed by atoms with van der Waals surface area (Å²) >= 11 is 3.44. The van der Waals surface area contributed by atoms with Crippen LogP contribution in [-0.2, 0) is 14.4 Å². The highest BCUT2D eigenvalue weighted by molar-refractivity contribution is 9.10. The van der Waals surface area contributed by atoms with Gasteiger partial charge in [-0.2, -0.15) is 0 Å². The standard InChI is InChI=1S/C27H28BrN3O4/c1-6-27-20-19(22(32)31(23(20)33)26(3,4)5)21(16-9-11-17(28)12-10-16)30(27)25(35)29(24(27)34)18-13-7-15(2)8-14-18/h7-14,19-21H,6H2,1-5H3/t19-,20-,21-,27-/m1/s1. The first-order chi connectivity index (χ1) is 16.4. The maximum atomic E-state index is 14.2. The van der Waals surface area contributed by atoms with E-state index in [-0.39, 0.29) is 18.2 Å². The third-order valence-electron chi connectivity index (χ3n) is 7.60. The summed E-state index contributed by atoms with van der Waals surface area (Å²) < 4.78 is 0.854. The van der Waals surface area contributed by atoms with Crippen LogP contribution in [-0.4, -0.2) is 44.6 Å². The number of carbonyl (C=O) groups excluding carboxylic acids is 4. The van der Waals surface area contributed by atoms with Gasteiger partial charge in [0.05, 0.1) is 23.6 Å². The third-order valence-corrected chi connectivity index (χ3v) is 8.13. The van der Waals surface area contributed by atoms with Gasteiger partial charge in [0.15, 0.2) is 0 Å². The molecular formula is C27H28BrN3O4. The third kappa shape index (κ3) is 3.08. The molecule has 4 atom stereocenters. The molecule has 3 fully saturated rings. The molecule has 0 N–H and O–H groups in total. The van der Waals surface area contributed by atoms with Crippen molar-refractivity contribution in [3.05, 3.63) is 64.1 Å². The predicted molar refractivity (Wildman–Crippen MR) is 134 cm³/mol. The Morgan fingerprint density at radius 2 is 1.51 bits per heavy atom. The van der Waals surface area contributed by atoms with Crippen LogP contribution >= 0.6 is 15.9 Å². The zero-order chi connectivity index (χ0) is 25.4. The number of anilines is 1. The summed E-state index contributed by atoms with van der Waals surface area (Å²) in [6.07, 6.45) is 0.227. The Bertz CT molecular complexity index is 1250. The van der Waals surface area contributed by atoms with Crippen LogP contribution in [0.5, 0.6) is 0 Å². The first-order valence-electron chi connectivity index (χ1n) is 11.8. The zero-order valence-electron chi connectivity index (χ0n) is 20.4. The van der Waals surface area contributed by atoms with Gasteiger partial charge in [0.1, 0.15) is 5.54 Å². The topological polar surface area (TPSA) is 78.0 Å². The maximum Gasteiger partial charge on any atom is 0.332 e. The number of urea groups is 1. The molecule has 0 saturated carbocycles. The number of hydrogen-bond donors (Lipinski definition) is 0. The predicted octanol–water partition coefficient (Wildman–Crippen LogP) is 4.83. The number of amides is 5. The highest BCUT2D eigenvalue weighted by Crippen LogP contribution is 2.60. The Hall–Kier alpha value is -3.00. The van der Waals surface area contributed by atoms with Crippen LogP contribution in [0.1, 0.15) is 51.3 Å². The van der Waals surface area contributed by atoms with Gasteiger partial charge in [0, 0.05) is 10.0 Å². The molecule has 0 aromatic heterocycles. The molecule has 35 heavy (non-hydrogen) atoms. The molecule has 0 radical (unpaired) electrons. The molecule has 2 aromatic rings. The average molecular weight is 538 g/mol.